The summed E-state index contributed by atoms with van der Waals surface area (Å²) >= 11 is 0. The van der Waals surface area contributed by atoms with E-state index in [1.165, 1.54) is 36.8 Å². The Bertz CT molecular complexity index is 913. The van der Waals surface area contributed by atoms with E-state index in [9.17, 15) is 4.79 Å². The van der Waals surface area contributed by atoms with E-state index >= 15 is 0 Å². The van der Waals surface area contributed by atoms with Gasteiger partial charge in [0.05, 0.1) is 0 Å². The molecule has 32 heavy (non-hydrogen) atoms. The summed E-state index contributed by atoms with van der Waals surface area (Å²) < 4.78 is 0. The van der Waals surface area contributed by atoms with Gasteiger partial charge in [-0.2, -0.15) is 0 Å². The fraction of sp³-hybridized carbons (Fsp3) is 0.567. The summed E-state index contributed by atoms with van der Waals surface area (Å²) in [5.74, 6) is 5.08. The normalized spacial score (nSPS) is 36.4. The number of carbonyl (C=O) groups is 1. The lowest BCUT2D eigenvalue weighted by molar-refractivity contribution is -0.143. The average molecular weight is 428 g/mol. The molecule has 0 unspecified atom stereocenters. The van der Waals surface area contributed by atoms with Crippen LogP contribution in [0, 0.1) is 29.6 Å². The van der Waals surface area contributed by atoms with Gasteiger partial charge in [-0.3, -0.25) is 4.79 Å². The molecule has 0 N–H and O–H groups in total. The summed E-state index contributed by atoms with van der Waals surface area (Å²) in [7, 11) is 0. The number of benzene rings is 2. The molecular formula is C30H37NO. The minimum atomic E-state index is 0.0712. The van der Waals surface area contributed by atoms with Crippen LogP contribution in [0.15, 0.2) is 60.7 Å². The Kier molecular flexibility index (Phi) is 5.16. The topological polar surface area (TPSA) is 20.3 Å². The number of hydrogen-bond donors (Lipinski definition) is 0. The molecule has 2 nitrogen and oxygen atoms in total. The van der Waals surface area contributed by atoms with E-state index in [0.29, 0.717) is 23.7 Å². The van der Waals surface area contributed by atoms with Gasteiger partial charge in [-0.25, -0.2) is 0 Å². The first-order chi connectivity index (χ1) is 15.6. The van der Waals surface area contributed by atoms with Gasteiger partial charge in [-0.15, -0.1) is 0 Å². The molecule has 5 aliphatic rings. The van der Waals surface area contributed by atoms with Crippen molar-refractivity contribution < 1.29 is 4.79 Å². The van der Waals surface area contributed by atoms with Crippen molar-refractivity contribution in [3.63, 3.8) is 0 Å². The van der Waals surface area contributed by atoms with Crippen molar-refractivity contribution in [1.29, 1.82) is 0 Å². The molecule has 0 spiro atoms. The lowest BCUT2D eigenvalue weighted by atomic mass is 9.41. The lowest BCUT2D eigenvalue weighted by Crippen LogP contribution is -2.59. The van der Waals surface area contributed by atoms with E-state index in [-0.39, 0.29) is 5.41 Å². The zero-order valence-corrected chi connectivity index (χ0v) is 19.5. The number of hydrogen-bond acceptors (Lipinski definition) is 1. The third-order valence-electron chi connectivity index (χ3n) is 10.2. The molecule has 0 aromatic heterocycles. The van der Waals surface area contributed by atoms with Crippen LogP contribution >= 0.6 is 0 Å². The zero-order valence-electron chi connectivity index (χ0n) is 19.5. The van der Waals surface area contributed by atoms with Crippen molar-refractivity contribution in [3.05, 3.63) is 71.8 Å². The van der Waals surface area contributed by atoms with Crippen LogP contribution in [-0.2, 0) is 10.2 Å². The number of nitrogens with zero attached hydrogens (tertiary/aromatic N) is 1. The first-order valence-corrected chi connectivity index (χ1v) is 13.0. The number of piperidine rings is 1. The van der Waals surface area contributed by atoms with Gasteiger partial charge in [0.15, 0.2) is 0 Å². The number of likely N-dealkylation sites (tertiary alicyclic amines) is 1. The van der Waals surface area contributed by atoms with Crippen LogP contribution in [0.4, 0.5) is 0 Å². The molecule has 0 radical (unpaired) electrons. The molecule has 4 saturated carbocycles. The zero-order chi connectivity index (χ0) is 21.7. The van der Waals surface area contributed by atoms with Crippen LogP contribution in [0.1, 0.15) is 68.9 Å². The second-order valence-corrected chi connectivity index (χ2v) is 11.4. The number of carbonyl (C=O) groups excluding carboxylic acids is 1. The van der Waals surface area contributed by atoms with Gasteiger partial charge in [0, 0.05) is 24.9 Å². The van der Waals surface area contributed by atoms with Crippen LogP contribution < -0.4 is 0 Å². The lowest BCUT2D eigenvalue weighted by Gasteiger charge is -2.64. The number of amides is 1. The molecule has 1 saturated heterocycles. The molecule has 7 rings (SSSR count). The Balaban J connectivity index is 1.23. The maximum absolute atomic E-state index is 13.8. The fourth-order valence-corrected chi connectivity index (χ4v) is 8.42. The van der Waals surface area contributed by atoms with Gasteiger partial charge >= 0.3 is 0 Å². The molecule has 168 valence electrons. The van der Waals surface area contributed by atoms with Gasteiger partial charge in [-0.05, 0) is 85.2 Å². The minimum Gasteiger partial charge on any atom is -0.343 e. The number of rotatable bonds is 4. The molecule has 1 heterocycles. The molecule has 1 aliphatic heterocycles. The monoisotopic (exact) mass is 427 g/mol. The highest BCUT2D eigenvalue weighted by molar-refractivity contribution is 5.78. The summed E-state index contributed by atoms with van der Waals surface area (Å²) in [5, 5.41) is 0. The third-order valence-corrected chi connectivity index (χ3v) is 10.2. The second kappa shape index (κ2) is 8.04. The van der Waals surface area contributed by atoms with Crippen LogP contribution in [0.25, 0.3) is 0 Å². The molecule has 0 atom stereocenters. The van der Waals surface area contributed by atoms with Crippen molar-refractivity contribution in [2.75, 3.05) is 13.1 Å². The molecule has 2 aromatic rings. The highest BCUT2D eigenvalue weighted by atomic mass is 16.2. The molecule has 4 aliphatic carbocycles. The van der Waals surface area contributed by atoms with E-state index in [4.69, 9.17) is 0 Å². The Morgan fingerprint density at radius 1 is 0.844 bits per heavy atom. The first kappa shape index (κ1) is 20.5. The summed E-state index contributed by atoms with van der Waals surface area (Å²) in [4.78, 5) is 16.0. The highest BCUT2D eigenvalue weighted by Gasteiger charge is 2.60. The van der Waals surface area contributed by atoms with Gasteiger partial charge in [0.1, 0.15) is 0 Å². The van der Waals surface area contributed by atoms with Crippen LogP contribution in [0.5, 0.6) is 0 Å². The summed E-state index contributed by atoms with van der Waals surface area (Å²) in [6.07, 6.45) is 8.29. The largest absolute Gasteiger partial charge is 0.343 e. The molecule has 1 amide bonds. The molecule has 5 fully saturated rings. The highest BCUT2D eigenvalue weighted by Crippen LogP contribution is 2.65. The van der Waals surface area contributed by atoms with Gasteiger partial charge in [-0.1, -0.05) is 67.6 Å². The van der Waals surface area contributed by atoms with Gasteiger partial charge in [0.2, 0.25) is 5.91 Å². The standard InChI is InChI=1S/C30H37NO/c1-21-24-16-27-18-25(21)19-28(17-24)30(27,26-10-6-3-7-11-26)20-29(32)31-14-12-23(13-15-31)22-8-4-2-5-9-22/h2-11,21,23-25,27-28H,12-20H2,1H3. The predicted octanol–water partition coefficient (Wildman–Crippen LogP) is 6.42. The maximum atomic E-state index is 13.8. The average Bonchev–Trinajstić information content (AvgIpc) is 2.84. The first-order valence-electron chi connectivity index (χ1n) is 13.0. The SMILES string of the molecule is CC1C2CC3CC1CC(C2)C3(CC(=O)N1CCC(c2ccccc2)CC1)c1ccccc1. The van der Waals surface area contributed by atoms with Crippen molar-refractivity contribution >= 4 is 5.91 Å². The van der Waals surface area contributed by atoms with Crippen molar-refractivity contribution in [2.24, 2.45) is 29.6 Å². The molecule has 2 heteroatoms. The van der Waals surface area contributed by atoms with Crippen molar-refractivity contribution in [3.8, 4) is 0 Å². The quantitative estimate of drug-likeness (QED) is 0.551. The maximum Gasteiger partial charge on any atom is 0.223 e. The van der Waals surface area contributed by atoms with Gasteiger partial charge < -0.3 is 4.90 Å². The third kappa shape index (κ3) is 3.25. The predicted molar refractivity (Wildman–Crippen MR) is 129 cm³/mol. The van der Waals surface area contributed by atoms with E-state index < -0.39 is 0 Å². The Morgan fingerprint density at radius 2 is 1.38 bits per heavy atom. The van der Waals surface area contributed by atoms with Crippen LogP contribution in [-0.4, -0.2) is 23.9 Å². The minimum absolute atomic E-state index is 0.0712. The summed E-state index contributed by atoms with van der Waals surface area (Å²) in [6.45, 7) is 4.33. The molecule has 2 aromatic carbocycles. The summed E-state index contributed by atoms with van der Waals surface area (Å²) in [6, 6.07) is 22.1. The van der Waals surface area contributed by atoms with Gasteiger partial charge in [0.25, 0.3) is 0 Å². The Morgan fingerprint density at radius 3 is 1.94 bits per heavy atom. The van der Waals surface area contributed by atoms with E-state index in [0.717, 1.165) is 50.1 Å². The Hall–Kier alpha value is -2.09. The Labute approximate surface area is 193 Å². The van der Waals surface area contributed by atoms with Crippen molar-refractivity contribution in [1.82, 2.24) is 4.90 Å². The second-order valence-electron chi connectivity index (χ2n) is 11.4. The van der Waals surface area contributed by atoms with E-state index in [1.54, 1.807) is 0 Å². The smallest absolute Gasteiger partial charge is 0.223 e. The van der Waals surface area contributed by atoms with E-state index in [1.807, 2.05) is 0 Å². The van der Waals surface area contributed by atoms with Crippen LogP contribution in [0.3, 0.4) is 0 Å². The fourth-order valence-electron chi connectivity index (χ4n) is 8.42. The molecular weight excluding hydrogens is 390 g/mol. The van der Waals surface area contributed by atoms with Crippen LogP contribution in [0.2, 0.25) is 0 Å². The molecule has 4 bridgehead atoms. The van der Waals surface area contributed by atoms with E-state index in [2.05, 4.69) is 72.5 Å². The summed E-state index contributed by atoms with van der Waals surface area (Å²) in [5.41, 5.74) is 2.96. The van der Waals surface area contributed by atoms with Crippen molar-refractivity contribution in [2.45, 2.75) is 63.2 Å².